The van der Waals surface area contributed by atoms with Crippen LogP contribution in [0.4, 0.5) is 0 Å². The van der Waals surface area contributed by atoms with Crippen LogP contribution in [-0.4, -0.2) is 24.6 Å². The van der Waals surface area contributed by atoms with Crippen molar-refractivity contribution in [2.45, 2.75) is 39.0 Å². The molecule has 2 atom stereocenters. The van der Waals surface area contributed by atoms with Crippen LogP contribution in [0.5, 0.6) is 5.75 Å². The van der Waals surface area contributed by atoms with E-state index in [4.69, 9.17) is 4.74 Å². The Morgan fingerprint density at radius 1 is 1.48 bits per heavy atom. The number of hydrogen-bond acceptors (Lipinski definition) is 3. The van der Waals surface area contributed by atoms with Crippen LogP contribution >= 0.6 is 0 Å². The number of allylic oxidation sites excluding steroid dienone is 1. The van der Waals surface area contributed by atoms with E-state index in [-0.39, 0.29) is 23.7 Å². The summed E-state index contributed by atoms with van der Waals surface area (Å²) in [6.45, 7) is 3.76. The minimum Gasteiger partial charge on any atom is -0.496 e. The zero-order valence-electron chi connectivity index (χ0n) is 12.9. The van der Waals surface area contributed by atoms with Crippen molar-refractivity contribution in [1.29, 1.82) is 0 Å². The number of methoxy groups -OCH3 is 1. The van der Waals surface area contributed by atoms with E-state index in [1.165, 1.54) is 16.7 Å². The van der Waals surface area contributed by atoms with E-state index in [2.05, 4.69) is 13.0 Å². The SMILES string of the molecule is COc1ccc2c(c1C)CCC1(CO)C(C(C)=O)=CCC21. The monoisotopic (exact) mass is 286 g/mol. The van der Waals surface area contributed by atoms with E-state index in [9.17, 15) is 9.90 Å². The predicted molar refractivity (Wildman–Crippen MR) is 81.7 cm³/mol. The highest BCUT2D eigenvalue weighted by atomic mass is 16.5. The van der Waals surface area contributed by atoms with Crippen LogP contribution in [0.2, 0.25) is 0 Å². The van der Waals surface area contributed by atoms with Crippen molar-refractivity contribution < 1.29 is 14.6 Å². The fraction of sp³-hybridized carbons (Fsp3) is 0.500. The molecule has 0 heterocycles. The van der Waals surface area contributed by atoms with Gasteiger partial charge in [-0.05, 0) is 67.4 Å². The maximum Gasteiger partial charge on any atom is 0.156 e. The molecule has 0 spiro atoms. The molecule has 0 aromatic heterocycles. The van der Waals surface area contributed by atoms with Gasteiger partial charge in [0.1, 0.15) is 5.75 Å². The molecule has 0 bridgehead atoms. The van der Waals surface area contributed by atoms with Crippen molar-refractivity contribution in [3.8, 4) is 5.75 Å². The third-order valence-corrected chi connectivity index (χ3v) is 5.42. The van der Waals surface area contributed by atoms with Gasteiger partial charge in [-0.2, -0.15) is 0 Å². The normalized spacial score (nSPS) is 26.9. The van der Waals surface area contributed by atoms with Crippen LogP contribution in [0.25, 0.3) is 0 Å². The zero-order valence-corrected chi connectivity index (χ0v) is 12.9. The van der Waals surface area contributed by atoms with E-state index < -0.39 is 0 Å². The third-order valence-electron chi connectivity index (χ3n) is 5.42. The zero-order chi connectivity index (χ0) is 15.2. The lowest BCUT2D eigenvalue weighted by Crippen LogP contribution is -2.38. The van der Waals surface area contributed by atoms with Gasteiger partial charge in [-0.15, -0.1) is 0 Å². The van der Waals surface area contributed by atoms with E-state index in [0.29, 0.717) is 0 Å². The lowest BCUT2D eigenvalue weighted by molar-refractivity contribution is -0.115. The molecule has 1 aromatic carbocycles. The Kier molecular flexibility index (Phi) is 3.40. The number of hydrogen-bond donors (Lipinski definition) is 1. The van der Waals surface area contributed by atoms with Gasteiger partial charge >= 0.3 is 0 Å². The molecule has 0 saturated heterocycles. The molecular weight excluding hydrogens is 264 g/mol. The molecule has 0 radical (unpaired) electrons. The standard InChI is InChI=1S/C18H22O3/c1-11-13-8-9-18(10-19)15(12(2)20)5-6-16(18)14(13)4-7-17(11)21-3/h4-5,7,16,19H,6,8-10H2,1-3H3. The van der Waals surface area contributed by atoms with Gasteiger partial charge in [-0.25, -0.2) is 0 Å². The first-order valence-electron chi connectivity index (χ1n) is 7.54. The van der Waals surface area contributed by atoms with Gasteiger partial charge in [0.2, 0.25) is 0 Å². The smallest absolute Gasteiger partial charge is 0.156 e. The van der Waals surface area contributed by atoms with Crippen LogP contribution in [0, 0.1) is 12.3 Å². The molecule has 3 nitrogen and oxygen atoms in total. The minimum atomic E-state index is -0.375. The molecule has 3 heteroatoms. The first-order valence-corrected chi connectivity index (χ1v) is 7.54. The van der Waals surface area contributed by atoms with E-state index in [0.717, 1.165) is 30.6 Å². The lowest BCUT2D eigenvalue weighted by Gasteiger charge is -2.42. The Hall–Kier alpha value is -1.61. The fourth-order valence-corrected chi connectivity index (χ4v) is 4.34. The molecule has 112 valence electrons. The van der Waals surface area contributed by atoms with Gasteiger partial charge in [0.25, 0.3) is 0 Å². The average molecular weight is 286 g/mol. The van der Waals surface area contributed by atoms with Crippen LogP contribution < -0.4 is 4.74 Å². The second kappa shape index (κ2) is 4.99. The second-order valence-electron chi connectivity index (χ2n) is 6.24. The number of fused-ring (bicyclic) bond motifs is 3. The summed E-state index contributed by atoms with van der Waals surface area (Å²) in [6.07, 6.45) is 4.60. The quantitative estimate of drug-likeness (QED) is 0.929. The van der Waals surface area contributed by atoms with Gasteiger partial charge in [-0.3, -0.25) is 4.79 Å². The molecule has 2 unspecified atom stereocenters. The highest BCUT2D eigenvalue weighted by molar-refractivity contribution is 5.95. The van der Waals surface area contributed by atoms with Crippen LogP contribution in [0.1, 0.15) is 42.4 Å². The molecule has 1 aromatic rings. The summed E-state index contributed by atoms with van der Waals surface area (Å²) in [5, 5.41) is 10.0. The van der Waals surface area contributed by atoms with Gasteiger partial charge in [0.05, 0.1) is 13.7 Å². The molecule has 2 aliphatic rings. The van der Waals surface area contributed by atoms with Gasteiger partial charge in [0, 0.05) is 5.41 Å². The number of benzene rings is 1. The van der Waals surface area contributed by atoms with Crippen molar-refractivity contribution in [3.63, 3.8) is 0 Å². The van der Waals surface area contributed by atoms with Gasteiger partial charge in [-0.1, -0.05) is 12.1 Å². The molecule has 0 amide bonds. The summed E-state index contributed by atoms with van der Waals surface area (Å²) in [7, 11) is 1.69. The summed E-state index contributed by atoms with van der Waals surface area (Å²) in [6, 6.07) is 4.12. The highest BCUT2D eigenvalue weighted by Gasteiger charge is 2.49. The van der Waals surface area contributed by atoms with E-state index in [1.807, 2.05) is 12.1 Å². The maximum atomic E-state index is 11.9. The molecule has 3 rings (SSSR count). The average Bonchev–Trinajstić information content (AvgIpc) is 2.88. The fourth-order valence-electron chi connectivity index (χ4n) is 4.34. The van der Waals surface area contributed by atoms with Crippen molar-refractivity contribution >= 4 is 5.78 Å². The van der Waals surface area contributed by atoms with E-state index >= 15 is 0 Å². The van der Waals surface area contributed by atoms with Crippen molar-refractivity contribution in [2.75, 3.05) is 13.7 Å². The van der Waals surface area contributed by atoms with E-state index in [1.54, 1.807) is 14.0 Å². The Balaban J connectivity index is 2.11. The molecule has 0 saturated carbocycles. The molecule has 0 fully saturated rings. The summed E-state index contributed by atoms with van der Waals surface area (Å²) in [4.78, 5) is 11.9. The van der Waals surface area contributed by atoms with Crippen LogP contribution in [-0.2, 0) is 11.2 Å². The number of rotatable bonds is 3. The molecule has 0 aliphatic heterocycles. The molecular formula is C18H22O3. The summed E-state index contributed by atoms with van der Waals surface area (Å²) < 4.78 is 5.42. The Labute approximate surface area is 125 Å². The summed E-state index contributed by atoms with van der Waals surface area (Å²) in [5.74, 6) is 1.23. The van der Waals surface area contributed by atoms with Gasteiger partial charge in [0.15, 0.2) is 5.78 Å². The molecule has 2 aliphatic carbocycles. The number of aliphatic hydroxyl groups is 1. The number of carbonyl (C=O) groups is 1. The second-order valence-corrected chi connectivity index (χ2v) is 6.24. The number of carbonyl (C=O) groups excluding carboxylic acids is 1. The van der Waals surface area contributed by atoms with Crippen LogP contribution in [0.15, 0.2) is 23.8 Å². The van der Waals surface area contributed by atoms with Crippen molar-refractivity contribution in [3.05, 3.63) is 40.5 Å². The number of ether oxygens (including phenoxy) is 1. The van der Waals surface area contributed by atoms with Crippen molar-refractivity contribution in [1.82, 2.24) is 0 Å². The predicted octanol–water partition coefficient (Wildman–Crippen LogP) is 2.93. The topological polar surface area (TPSA) is 46.5 Å². The van der Waals surface area contributed by atoms with Crippen LogP contribution in [0.3, 0.4) is 0 Å². The highest BCUT2D eigenvalue weighted by Crippen LogP contribution is 2.56. The Morgan fingerprint density at radius 3 is 2.86 bits per heavy atom. The Morgan fingerprint density at radius 2 is 2.24 bits per heavy atom. The number of aliphatic hydroxyl groups excluding tert-OH is 1. The largest absolute Gasteiger partial charge is 0.496 e. The van der Waals surface area contributed by atoms with Gasteiger partial charge < -0.3 is 9.84 Å². The first-order chi connectivity index (χ1) is 10.0. The lowest BCUT2D eigenvalue weighted by atomic mass is 9.62. The number of Topliss-reactive ketones (excluding diaryl/α,β-unsaturated/α-hetero) is 1. The molecule has 21 heavy (non-hydrogen) atoms. The number of ketones is 1. The minimum absolute atomic E-state index is 0.0492. The molecule has 1 N–H and O–H groups in total. The Bertz CT molecular complexity index is 630. The summed E-state index contributed by atoms with van der Waals surface area (Å²) in [5.41, 5.74) is 4.26. The van der Waals surface area contributed by atoms with Crippen molar-refractivity contribution in [2.24, 2.45) is 5.41 Å². The first kappa shape index (κ1) is 14.3. The third kappa shape index (κ3) is 1.87. The summed E-state index contributed by atoms with van der Waals surface area (Å²) >= 11 is 0. The maximum absolute atomic E-state index is 11.9.